The Hall–Kier alpha value is -4.15. The maximum absolute atomic E-state index is 12.1. The lowest BCUT2D eigenvalue weighted by Crippen LogP contribution is -2.41. The summed E-state index contributed by atoms with van der Waals surface area (Å²) < 4.78 is 5.50. The predicted molar refractivity (Wildman–Crippen MR) is 121 cm³/mol. The summed E-state index contributed by atoms with van der Waals surface area (Å²) in [4.78, 5) is 38.9. The summed E-state index contributed by atoms with van der Waals surface area (Å²) in [5.74, 6) is 1.05. The van der Waals surface area contributed by atoms with Crippen LogP contribution in [0.2, 0.25) is 0 Å². The Morgan fingerprint density at radius 2 is 2.12 bits per heavy atom. The number of allylic oxidation sites excluding steroid dienone is 1. The summed E-state index contributed by atoms with van der Waals surface area (Å²) in [6.07, 6.45) is 6.81. The quantitative estimate of drug-likeness (QED) is 0.317. The van der Waals surface area contributed by atoms with Crippen molar-refractivity contribution in [2.24, 2.45) is 23.5 Å². The van der Waals surface area contributed by atoms with E-state index in [9.17, 15) is 9.59 Å². The van der Waals surface area contributed by atoms with Crippen LogP contribution in [0, 0.1) is 17.8 Å². The molecule has 3 aromatic rings. The van der Waals surface area contributed by atoms with Gasteiger partial charge in [-0.05, 0) is 30.4 Å². The normalized spacial score (nSPS) is 22.9. The van der Waals surface area contributed by atoms with Crippen LogP contribution in [0.1, 0.15) is 6.42 Å². The van der Waals surface area contributed by atoms with E-state index in [1.165, 1.54) is 0 Å². The number of likely N-dealkylation sites (N-methyl/N-ethyl adjacent to an activating group) is 1. The molecule has 2 bridgehead atoms. The molecule has 2 aliphatic rings. The Balaban J connectivity index is 1.39. The molecule has 33 heavy (non-hydrogen) atoms. The molecule has 0 saturated heterocycles. The van der Waals surface area contributed by atoms with E-state index in [-0.39, 0.29) is 42.2 Å². The van der Waals surface area contributed by atoms with Gasteiger partial charge in [0.05, 0.1) is 5.92 Å². The van der Waals surface area contributed by atoms with E-state index < -0.39 is 0 Å². The number of H-pyrrole nitrogens is 2. The second kappa shape index (κ2) is 8.41. The Morgan fingerprint density at radius 3 is 2.94 bits per heavy atom. The number of aromatic nitrogens is 4. The molecule has 0 radical (unpaired) electrons. The van der Waals surface area contributed by atoms with E-state index in [1.54, 1.807) is 31.6 Å². The third kappa shape index (κ3) is 4.04. The van der Waals surface area contributed by atoms with Crippen LogP contribution in [0.3, 0.4) is 0 Å². The number of anilines is 3. The van der Waals surface area contributed by atoms with Crippen LogP contribution in [0.5, 0.6) is 5.75 Å². The molecule has 2 aliphatic carbocycles. The molecular formula is C22H25N8O3+. The molecule has 0 aliphatic heterocycles. The van der Waals surface area contributed by atoms with Crippen LogP contribution in [0.25, 0.3) is 11.2 Å². The first-order valence-corrected chi connectivity index (χ1v) is 10.7. The molecule has 0 spiro atoms. The first-order valence-electron chi connectivity index (χ1n) is 10.7. The highest BCUT2D eigenvalue weighted by atomic mass is 16.5. The van der Waals surface area contributed by atoms with Gasteiger partial charge in [-0.2, -0.15) is 4.98 Å². The summed E-state index contributed by atoms with van der Waals surface area (Å²) in [6.45, 7) is -0.0756. The molecule has 1 aromatic carbocycles. The number of primary amides is 1. The van der Waals surface area contributed by atoms with Crippen LogP contribution in [-0.4, -0.2) is 46.5 Å². The van der Waals surface area contributed by atoms with Crippen molar-refractivity contribution < 1.29 is 19.3 Å². The minimum absolute atomic E-state index is 0.0756. The summed E-state index contributed by atoms with van der Waals surface area (Å²) in [7, 11) is 1.55. The number of hydrogen-bond acceptors (Lipinski definition) is 7. The zero-order chi connectivity index (χ0) is 22.9. The Morgan fingerprint density at radius 1 is 1.27 bits per heavy atom. The second-order valence-corrected chi connectivity index (χ2v) is 8.21. The molecule has 1 saturated carbocycles. The van der Waals surface area contributed by atoms with Crippen molar-refractivity contribution in [3.63, 3.8) is 0 Å². The number of nitrogens with two attached hydrogens (primary N) is 1. The molecule has 7 N–H and O–H groups in total. The topological polar surface area (TPSA) is 161 Å². The SMILES string of the molecule is CNC(=O)COc1cccc(Nc2nc(N[C@@H]3C(C(N)=O)[C@H]4C=C[C@@H]3C4)c3[nH]c[nH+]c3n2)c1. The number of nitrogens with one attached hydrogen (secondary N) is 5. The minimum atomic E-state index is -0.306. The summed E-state index contributed by atoms with van der Waals surface area (Å²) in [6, 6.07) is 7.04. The van der Waals surface area contributed by atoms with Gasteiger partial charge in [0, 0.05) is 24.8 Å². The summed E-state index contributed by atoms with van der Waals surface area (Å²) in [5.41, 5.74) is 7.72. The van der Waals surface area contributed by atoms with Crippen LogP contribution in [0.15, 0.2) is 42.7 Å². The zero-order valence-electron chi connectivity index (χ0n) is 18.0. The van der Waals surface area contributed by atoms with Gasteiger partial charge in [-0.3, -0.25) is 14.6 Å². The molecule has 1 unspecified atom stereocenters. The van der Waals surface area contributed by atoms with E-state index >= 15 is 0 Å². The first-order chi connectivity index (χ1) is 16.0. The number of carbonyl (C=O) groups is 2. The van der Waals surface area contributed by atoms with Crippen LogP contribution >= 0.6 is 0 Å². The molecule has 2 heterocycles. The molecule has 4 atom stereocenters. The van der Waals surface area contributed by atoms with Crippen molar-refractivity contribution in [1.29, 1.82) is 0 Å². The van der Waals surface area contributed by atoms with Gasteiger partial charge in [-0.25, -0.2) is 4.98 Å². The largest absolute Gasteiger partial charge is 0.484 e. The smallest absolute Gasteiger partial charge is 0.307 e. The highest BCUT2D eigenvalue weighted by Crippen LogP contribution is 2.45. The summed E-state index contributed by atoms with van der Waals surface area (Å²) in [5, 5.41) is 9.14. The lowest BCUT2D eigenvalue weighted by Gasteiger charge is -2.26. The lowest BCUT2D eigenvalue weighted by atomic mass is 9.88. The number of benzene rings is 1. The number of fused-ring (bicyclic) bond motifs is 3. The number of aromatic amines is 2. The third-order valence-electron chi connectivity index (χ3n) is 6.16. The lowest BCUT2D eigenvalue weighted by molar-refractivity contribution is -0.347. The van der Waals surface area contributed by atoms with Gasteiger partial charge in [-0.1, -0.05) is 23.2 Å². The molecular weight excluding hydrogens is 424 g/mol. The van der Waals surface area contributed by atoms with Gasteiger partial charge in [0.1, 0.15) is 5.75 Å². The first kappa shape index (κ1) is 20.7. The highest BCUT2D eigenvalue weighted by molar-refractivity contribution is 5.84. The van der Waals surface area contributed by atoms with Crippen LogP contribution < -0.4 is 31.4 Å². The summed E-state index contributed by atoms with van der Waals surface area (Å²) >= 11 is 0. The molecule has 11 nitrogen and oxygen atoms in total. The van der Waals surface area contributed by atoms with Gasteiger partial charge < -0.3 is 26.4 Å². The average molecular weight is 449 g/mol. The molecule has 1 fully saturated rings. The molecule has 2 amide bonds. The number of rotatable bonds is 8. The number of carbonyl (C=O) groups excluding carboxylic acids is 2. The van der Waals surface area contributed by atoms with E-state index in [2.05, 4.69) is 48.0 Å². The van der Waals surface area contributed by atoms with Crippen LogP contribution in [0.4, 0.5) is 17.5 Å². The standard InChI is InChI=1S/C22H24N8O3/c1-24-15(31)9-33-14-4-2-3-13(8-14)27-22-29-20-18(25-10-26-20)21(30-22)28-17-12-6-5-11(7-12)16(17)19(23)32/h2-6,8,10-12,16-17H,7,9H2,1H3,(H2,23,32)(H,24,31)(H3,25,26,27,28,29,30)/p+1/t11-,12+,16?,17-/m0/s1. The number of imidazole rings is 1. The molecule has 5 rings (SSSR count). The van der Waals surface area contributed by atoms with Gasteiger partial charge in [0.2, 0.25) is 11.4 Å². The maximum Gasteiger partial charge on any atom is 0.307 e. The van der Waals surface area contributed by atoms with Crippen molar-refractivity contribution in [3.05, 3.63) is 42.7 Å². The van der Waals surface area contributed by atoms with E-state index in [0.717, 1.165) is 6.42 Å². The van der Waals surface area contributed by atoms with E-state index in [0.29, 0.717) is 34.4 Å². The van der Waals surface area contributed by atoms with Gasteiger partial charge in [-0.15, -0.1) is 0 Å². The van der Waals surface area contributed by atoms with E-state index in [1.807, 2.05) is 6.07 Å². The van der Waals surface area contributed by atoms with Crippen LogP contribution in [-0.2, 0) is 9.59 Å². The fourth-order valence-electron chi connectivity index (χ4n) is 4.62. The van der Waals surface area contributed by atoms with Gasteiger partial charge in [0.25, 0.3) is 5.91 Å². The Labute approximate surface area is 189 Å². The zero-order valence-corrected chi connectivity index (χ0v) is 18.0. The maximum atomic E-state index is 12.1. The van der Waals surface area contributed by atoms with Crippen molar-refractivity contribution in [2.45, 2.75) is 12.5 Å². The molecule has 170 valence electrons. The number of nitrogens with zero attached hydrogens (tertiary/aromatic N) is 2. The van der Waals surface area contributed by atoms with Crippen molar-refractivity contribution in [3.8, 4) is 5.75 Å². The van der Waals surface area contributed by atoms with Crippen molar-refractivity contribution >= 4 is 40.4 Å². The predicted octanol–water partition coefficient (Wildman–Crippen LogP) is 0.728. The van der Waals surface area contributed by atoms with Gasteiger partial charge in [0.15, 0.2) is 18.8 Å². The van der Waals surface area contributed by atoms with Gasteiger partial charge >= 0.3 is 11.6 Å². The Kier molecular flexibility index (Phi) is 5.29. The van der Waals surface area contributed by atoms with E-state index in [4.69, 9.17) is 10.5 Å². The fourth-order valence-corrected chi connectivity index (χ4v) is 4.62. The third-order valence-corrected chi connectivity index (χ3v) is 6.16. The van der Waals surface area contributed by atoms with Crippen molar-refractivity contribution in [1.82, 2.24) is 20.3 Å². The monoisotopic (exact) mass is 449 g/mol. The number of ether oxygens (including phenoxy) is 1. The Bertz CT molecular complexity index is 1240. The number of amides is 2. The fraction of sp³-hybridized carbons (Fsp3) is 0.318. The second-order valence-electron chi connectivity index (χ2n) is 8.21. The average Bonchev–Trinajstić information content (AvgIpc) is 3.54. The minimum Gasteiger partial charge on any atom is -0.484 e. The molecule has 2 aromatic heterocycles. The van der Waals surface area contributed by atoms with Crippen molar-refractivity contribution in [2.75, 3.05) is 24.3 Å². The molecule has 11 heteroatoms. The highest BCUT2D eigenvalue weighted by Gasteiger charge is 2.47. The number of hydrogen-bond donors (Lipinski definition) is 5.